The summed E-state index contributed by atoms with van der Waals surface area (Å²) in [4.78, 5) is 0. The minimum atomic E-state index is -2.69. The van der Waals surface area contributed by atoms with Gasteiger partial charge in [-0.3, -0.25) is 4.72 Å². The number of nitrogens with zero attached hydrogens (tertiary/aromatic N) is 4. The van der Waals surface area contributed by atoms with E-state index in [0.717, 1.165) is 11.4 Å². The molecule has 1 N–H and O–H groups in total. The molecule has 0 aliphatic carbocycles. The third-order valence-electron chi connectivity index (χ3n) is 3.35. The van der Waals surface area contributed by atoms with Crippen LogP contribution in [0.15, 0.2) is 40.6 Å². The van der Waals surface area contributed by atoms with Gasteiger partial charge in [0.1, 0.15) is 6.61 Å². The van der Waals surface area contributed by atoms with E-state index in [4.69, 9.17) is 11.2 Å². The second-order valence-electron chi connectivity index (χ2n) is 5.30. The molecule has 0 amide bonds. The van der Waals surface area contributed by atoms with Gasteiger partial charge in [-0.05, 0) is 31.2 Å². The van der Waals surface area contributed by atoms with Crippen molar-refractivity contribution < 1.29 is 13.2 Å². The predicted octanol–water partition coefficient (Wildman–Crippen LogP) is 1.68. The van der Waals surface area contributed by atoms with Gasteiger partial charge < -0.3 is 4.74 Å². The molecule has 0 fully saturated rings. The Labute approximate surface area is 140 Å². The molecule has 0 unspecified atom stereocenters. The molecular formula is C15H15N5O3S. The SMILES string of the molecule is C#CCC1(COc2cc(C)nn2-c2ccc(N[SH](=O)=O)cc2)N=N1. The second-order valence-corrected chi connectivity index (χ2v) is 6.04. The van der Waals surface area contributed by atoms with Crippen LogP contribution in [0.25, 0.3) is 5.69 Å². The van der Waals surface area contributed by atoms with Gasteiger partial charge >= 0.3 is 0 Å². The number of terminal acetylenes is 1. The Hall–Kier alpha value is -2.86. The zero-order valence-corrected chi connectivity index (χ0v) is 13.7. The molecule has 0 saturated carbocycles. The van der Waals surface area contributed by atoms with Crippen LogP contribution in [-0.4, -0.2) is 30.5 Å². The molecule has 0 atom stereocenters. The van der Waals surface area contributed by atoms with Crippen molar-refractivity contribution in [3.8, 4) is 23.9 Å². The fourth-order valence-electron chi connectivity index (χ4n) is 2.15. The Morgan fingerprint density at radius 2 is 2.04 bits per heavy atom. The summed E-state index contributed by atoms with van der Waals surface area (Å²) in [6.07, 6.45) is 5.70. The lowest BCUT2D eigenvalue weighted by Gasteiger charge is -2.12. The molecule has 1 aliphatic heterocycles. The lowest BCUT2D eigenvalue weighted by Crippen LogP contribution is -2.21. The van der Waals surface area contributed by atoms with Crippen molar-refractivity contribution in [1.29, 1.82) is 0 Å². The Balaban J connectivity index is 1.77. The molecule has 0 radical (unpaired) electrons. The van der Waals surface area contributed by atoms with Crippen molar-refractivity contribution in [3.63, 3.8) is 0 Å². The van der Waals surface area contributed by atoms with Gasteiger partial charge in [0.05, 0.1) is 17.8 Å². The van der Waals surface area contributed by atoms with Gasteiger partial charge in [0.15, 0.2) is 0 Å². The van der Waals surface area contributed by atoms with Crippen LogP contribution < -0.4 is 9.46 Å². The quantitative estimate of drug-likeness (QED) is 0.589. The fourth-order valence-corrected chi connectivity index (χ4v) is 2.51. The minimum absolute atomic E-state index is 0.249. The summed E-state index contributed by atoms with van der Waals surface area (Å²) in [7, 11) is -2.69. The summed E-state index contributed by atoms with van der Waals surface area (Å²) in [5.41, 5.74) is 1.36. The molecule has 3 rings (SSSR count). The van der Waals surface area contributed by atoms with Gasteiger partial charge in [-0.1, -0.05) is 0 Å². The number of benzene rings is 1. The van der Waals surface area contributed by atoms with Crippen LogP contribution in [0.4, 0.5) is 5.69 Å². The van der Waals surface area contributed by atoms with Crippen molar-refractivity contribution in [3.05, 3.63) is 36.0 Å². The van der Waals surface area contributed by atoms with E-state index in [0.29, 0.717) is 18.0 Å². The van der Waals surface area contributed by atoms with Crippen molar-refractivity contribution >= 4 is 16.6 Å². The maximum atomic E-state index is 10.7. The number of ether oxygens (including phenoxy) is 1. The number of rotatable bonds is 7. The van der Waals surface area contributed by atoms with Gasteiger partial charge in [0.2, 0.25) is 22.4 Å². The monoisotopic (exact) mass is 345 g/mol. The molecule has 1 aromatic heterocycles. The number of thiol groups is 1. The van der Waals surface area contributed by atoms with Crippen LogP contribution in [0.3, 0.4) is 0 Å². The van der Waals surface area contributed by atoms with Gasteiger partial charge in [0.25, 0.3) is 0 Å². The van der Waals surface area contributed by atoms with E-state index in [1.54, 1.807) is 35.0 Å². The molecular weight excluding hydrogens is 330 g/mol. The molecule has 24 heavy (non-hydrogen) atoms. The highest BCUT2D eigenvalue weighted by Gasteiger charge is 2.40. The maximum Gasteiger partial charge on any atom is 0.235 e. The molecule has 1 aromatic carbocycles. The number of hydrogen-bond acceptors (Lipinski definition) is 6. The van der Waals surface area contributed by atoms with E-state index in [1.165, 1.54) is 0 Å². The normalized spacial score (nSPS) is 14.4. The first kappa shape index (κ1) is 16.0. The molecule has 124 valence electrons. The third kappa shape index (κ3) is 3.55. The molecule has 0 spiro atoms. The highest BCUT2D eigenvalue weighted by Crippen LogP contribution is 2.32. The smallest absolute Gasteiger partial charge is 0.235 e. The highest BCUT2D eigenvalue weighted by atomic mass is 32.2. The lowest BCUT2D eigenvalue weighted by molar-refractivity contribution is 0.253. The Morgan fingerprint density at radius 1 is 1.33 bits per heavy atom. The lowest BCUT2D eigenvalue weighted by atomic mass is 10.2. The number of aryl methyl sites for hydroxylation is 1. The van der Waals surface area contributed by atoms with Gasteiger partial charge in [-0.25, -0.2) is 13.1 Å². The Morgan fingerprint density at radius 3 is 2.62 bits per heavy atom. The third-order valence-corrected chi connectivity index (χ3v) is 3.79. The van der Waals surface area contributed by atoms with Crippen LogP contribution in [0, 0.1) is 19.3 Å². The molecule has 2 heterocycles. The number of nitrogens with one attached hydrogen (secondary N) is 1. The molecule has 0 saturated heterocycles. The molecule has 2 aromatic rings. The first-order chi connectivity index (χ1) is 11.5. The van der Waals surface area contributed by atoms with Gasteiger partial charge in [0, 0.05) is 11.8 Å². The van der Waals surface area contributed by atoms with Crippen LogP contribution in [0.5, 0.6) is 5.88 Å². The van der Waals surface area contributed by atoms with Crippen LogP contribution in [0.1, 0.15) is 12.1 Å². The predicted molar refractivity (Wildman–Crippen MR) is 88.8 cm³/mol. The first-order valence-corrected chi connectivity index (χ1v) is 8.28. The zero-order chi connectivity index (χ0) is 17.2. The number of hydrogen-bond donors (Lipinski definition) is 2. The summed E-state index contributed by atoms with van der Waals surface area (Å²) in [5.74, 6) is 3.07. The van der Waals surface area contributed by atoms with Crippen molar-refractivity contribution in [2.24, 2.45) is 10.2 Å². The minimum Gasteiger partial charge on any atom is -0.473 e. The van der Waals surface area contributed by atoms with Crippen LogP contribution in [-0.2, 0) is 10.9 Å². The van der Waals surface area contributed by atoms with Crippen LogP contribution in [0.2, 0.25) is 0 Å². The largest absolute Gasteiger partial charge is 0.473 e. The average molecular weight is 345 g/mol. The number of aromatic nitrogens is 2. The van der Waals surface area contributed by atoms with E-state index in [-0.39, 0.29) is 6.61 Å². The topological polar surface area (TPSA) is 97.9 Å². The highest BCUT2D eigenvalue weighted by molar-refractivity contribution is 7.73. The van der Waals surface area contributed by atoms with Crippen molar-refractivity contribution in [2.75, 3.05) is 11.3 Å². The van der Waals surface area contributed by atoms with Gasteiger partial charge in [-0.15, -0.1) is 12.3 Å². The second kappa shape index (κ2) is 6.33. The van der Waals surface area contributed by atoms with E-state index in [9.17, 15) is 8.42 Å². The molecule has 9 heteroatoms. The number of anilines is 1. The Kier molecular flexibility index (Phi) is 4.22. The summed E-state index contributed by atoms with van der Waals surface area (Å²) >= 11 is 0. The van der Waals surface area contributed by atoms with Crippen LogP contribution >= 0.6 is 0 Å². The standard InChI is InChI=1S/C15H15N5O3S/c1-3-8-15(18-19-15)10-23-14-9-11(2)16-20(14)13-6-4-12(5-7-13)17-24(21)22/h1,4-7,9,24H,8,10H2,2H3,(H,17,21,22). The van der Waals surface area contributed by atoms with Crippen molar-refractivity contribution in [2.45, 2.75) is 19.0 Å². The summed E-state index contributed by atoms with van der Waals surface area (Å²) in [6.45, 7) is 2.10. The molecule has 8 nitrogen and oxygen atoms in total. The van der Waals surface area contributed by atoms with E-state index in [2.05, 4.69) is 26.0 Å². The Bertz CT molecular complexity index is 879. The van der Waals surface area contributed by atoms with E-state index < -0.39 is 16.6 Å². The molecule has 1 aliphatic rings. The average Bonchev–Trinajstić information content (AvgIpc) is 3.20. The summed E-state index contributed by atoms with van der Waals surface area (Å²) in [6, 6.07) is 8.57. The summed E-state index contributed by atoms with van der Waals surface area (Å²) < 4.78 is 31.1. The zero-order valence-electron chi connectivity index (χ0n) is 12.8. The maximum absolute atomic E-state index is 10.7. The van der Waals surface area contributed by atoms with Crippen molar-refractivity contribution in [1.82, 2.24) is 9.78 Å². The van der Waals surface area contributed by atoms with E-state index >= 15 is 0 Å². The fraction of sp³-hybridized carbons (Fsp3) is 0.267. The van der Waals surface area contributed by atoms with E-state index in [1.807, 2.05) is 6.92 Å². The van der Waals surface area contributed by atoms with Gasteiger partial charge in [-0.2, -0.15) is 15.3 Å². The first-order valence-electron chi connectivity index (χ1n) is 7.10. The summed E-state index contributed by atoms with van der Waals surface area (Å²) in [5, 5.41) is 12.3. The molecule has 0 bridgehead atoms.